The summed E-state index contributed by atoms with van der Waals surface area (Å²) in [6.07, 6.45) is 1.14. The summed E-state index contributed by atoms with van der Waals surface area (Å²) in [4.78, 5) is 2.20. The van der Waals surface area contributed by atoms with Gasteiger partial charge in [-0.05, 0) is 25.0 Å². The molecule has 1 N–H and O–H groups in total. The molecule has 0 bridgehead atoms. The zero-order valence-corrected chi connectivity index (χ0v) is 13.4. The molecule has 0 spiro atoms. The number of rotatable bonds is 6. The summed E-state index contributed by atoms with van der Waals surface area (Å²) in [5.74, 6) is 1.59. The minimum atomic E-state index is 0.0127. The Morgan fingerprint density at radius 3 is 2.52 bits per heavy atom. The zero-order chi connectivity index (χ0) is 15.4. The van der Waals surface area contributed by atoms with Crippen molar-refractivity contribution in [2.24, 2.45) is 5.92 Å². The number of hydrogen-bond donors (Lipinski definition) is 1. The van der Waals surface area contributed by atoms with Gasteiger partial charge in [0, 0.05) is 19.2 Å². The molecule has 2 rings (SSSR count). The van der Waals surface area contributed by atoms with Gasteiger partial charge in [0.2, 0.25) is 0 Å². The Bertz CT molecular complexity index is 577. The van der Waals surface area contributed by atoms with E-state index < -0.39 is 0 Å². The van der Waals surface area contributed by atoms with Crippen molar-refractivity contribution in [2.75, 3.05) is 18.5 Å². The molecule has 0 saturated heterocycles. The summed E-state index contributed by atoms with van der Waals surface area (Å²) in [6, 6.07) is 10.1. The number of aliphatic hydroxyl groups excluding tert-OH is 1. The third kappa shape index (κ3) is 3.27. The average molecular weight is 287 g/mol. The van der Waals surface area contributed by atoms with Gasteiger partial charge in [-0.15, -0.1) is 0 Å². The summed E-state index contributed by atoms with van der Waals surface area (Å²) in [5, 5.41) is 14.3. The van der Waals surface area contributed by atoms with Crippen LogP contribution >= 0.6 is 0 Å². The minimum Gasteiger partial charge on any atom is -0.391 e. The van der Waals surface area contributed by atoms with E-state index in [1.54, 1.807) is 0 Å². The second-order valence-electron chi connectivity index (χ2n) is 5.69. The number of aliphatic hydroxyl groups is 1. The Hall–Kier alpha value is -1.81. The number of aryl methyl sites for hydroxylation is 1. The lowest BCUT2D eigenvalue weighted by Crippen LogP contribution is -2.26. The van der Waals surface area contributed by atoms with Crippen LogP contribution in [0.25, 0.3) is 5.69 Å². The van der Waals surface area contributed by atoms with Gasteiger partial charge in [0.25, 0.3) is 0 Å². The van der Waals surface area contributed by atoms with E-state index in [-0.39, 0.29) is 6.61 Å². The van der Waals surface area contributed by atoms with Gasteiger partial charge >= 0.3 is 0 Å². The van der Waals surface area contributed by atoms with Crippen molar-refractivity contribution in [3.63, 3.8) is 0 Å². The molecule has 0 saturated carbocycles. The highest BCUT2D eigenvalue weighted by Gasteiger charge is 2.20. The van der Waals surface area contributed by atoms with E-state index in [1.807, 2.05) is 41.9 Å². The Morgan fingerprint density at radius 2 is 1.95 bits per heavy atom. The molecule has 0 radical (unpaired) electrons. The second-order valence-corrected chi connectivity index (χ2v) is 5.69. The molecule has 0 aliphatic carbocycles. The van der Waals surface area contributed by atoms with Crippen LogP contribution < -0.4 is 4.90 Å². The third-order valence-electron chi connectivity index (χ3n) is 3.96. The first-order valence-electron chi connectivity index (χ1n) is 7.54. The van der Waals surface area contributed by atoms with Crippen molar-refractivity contribution in [2.45, 2.75) is 33.8 Å². The van der Waals surface area contributed by atoms with Gasteiger partial charge in [0.05, 0.1) is 18.0 Å². The Balaban J connectivity index is 2.47. The predicted molar refractivity (Wildman–Crippen MR) is 86.9 cm³/mol. The monoisotopic (exact) mass is 287 g/mol. The molecule has 1 atom stereocenters. The number of para-hydroxylation sites is 1. The molecule has 0 fully saturated rings. The molecular weight excluding hydrogens is 262 g/mol. The van der Waals surface area contributed by atoms with Crippen LogP contribution in [0, 0.1) is 12.8 Å². The first kappa shape index (κ1) is 15.6. The van der Waals surface area contributed by atoms with Crippen molar-refractivity contribution < 1.29 is 5.11 Å². The maximum Gasteiger partial charge on any atom is 0.137 e. The van der Waals surface area contributed by atoms with Crippen molar-refractivity contribution in [1.82, 2.24) is 9.78 Å². The molecule has 2 aromatic rings. The second kappa shape index (κ2) is 6.76. The summed E-state index contributed by atoms with van der Waals surface area (Å²) in [7, 11) is 2.07. The maximum absolute atomic E-state index is 9.72. The molecule has 114 valence electrons. The molecule has 1 aromatic carbocycles. The van der Waals surface area contributed by atoms with Crippen LogP contribution in [-0.2, 0) is 6.61 Å². The van der Waals surface area contributed by atoms with Crippen molar-refractivity contribution >= 4 is 5.82 Å². The van der Waals surface area contributed by atoms with Crippen LogP contribution in [0.2, 0.25) is 0 Å². The summed E-state index contributed by atoms with van der Waals surface area (Å²) in [5.41, 5.74) is 2.81. The van der Waals surface area contributed by atoms with Crippen LogP contribution in [0.4, 0.5) is 5.82 Å². The SMILES string of the molecule is CCC(C)CN(C)c1c(CO)c(C)nn1-c1ccccc1. The van der Waals surface area contributed by atoms with Gasteiger partial charge in [-0.3, -0.25) is 0 Å². The third-order valence-corrected chi connectivity index (χ3v) is 3.96. The Kier molecular flexibility index (Phi) is 5.02. The van der Waals surface area contributed by atoms with Crippen molar-refractivity contribution in [1.29, 1.82) is 0 Å². The van der Waals surface area contributed by atoms with Crippen molar-refractivity contribution in [3.05, 3.63) is 41.6 Å². The van der Waals surface area contributed by atoms with Crippen LogP contribution in [-0.4, -0.2) is 28.5 Å². The highest BCUT2D eigenvalue weighted by atomic mass is 16.3. The highest BCUT2D eigenvalue weighted by Crippen LogP contribution is 2.27. The van der Waals surface area contributed by atoms with Crippen LogP contribution in [0.3, 0.4) is 0 Å². The van der Waals surface area contributed by atoms with Gasteiger partial charge in [-0.2, -0.15) is 5.10 Å². The maximum atomic E-state index is 9.72. The number of nitrogens with zero attached hydrogens (tertiary/aromatic N) is 3. The smallest absolute Gasteiger partial charge is 0.137 e. The quantitative estimate of drug-likeness (QED) is 0.887. The van der Waals surface area contributed by atoms with Gasteiger partial charge in [-0.25, -0.2) is 4.68 Å². The molecule has 0 aliphatic rings. The number of hydrogen-bond acceptors (Lipinski definition) is 3. The summed E-state index contributed by atoms with van der Waals surface area (Å²) >= 11 is 0. The summed E-state index contributed by atoms with van der Waals surface area (Å²) in [6.45, 7) is 7.35. The van der Waals surface area contributed by atoms with E-state index in [2.05, 4.69) is 30.9 Å². The highest BCUT2D eigenvalue weighted by molar-refractivity contribution is 5.54. The normalized spacial score (nSPS) is 12.4. The van der Waals surface area contributed by atoms with Crippen LogP contribution in [0.1, 0.15) is 31.5 Å². The van der Waals surface area contributed by atoms with E-state index in [0.29, 0.717) is 5.92 Å². The lowest BCUT2D eigenvalue weighted by molar-refractivity contribution is 0.281. The Morgan fingerprint density at radius 1 is 1.29 bits per heavy atom. The molecule has 1 unspecified atom stereocenters. The largest absolute Gasteiger partial charge is 0.391 e. The van der Waals surface area contributed by atoms with E-state index in [1.165, 1.54) is 0 Å². The average Bonchev–Trinajstić information content (AvgIpc) is 2.84. The van der Waals surface area contributed by atoms with Crippen molar-refractivity contribution in [3.8, 4) is 5.69 Å². The number of anilines is 1. The van der Waals surface area contributed by atoms with Gasteiger partial charge in [0.1, 0.15) is 5.82 Å². The number of aromatic nitrogens is 2. The molecule has 1 heterocycles. The summed E-state index contributed by atoms with van der Waals surface area (Å²) < 4.78 is 1.93. The standard InChI is InChI=1S/C17H25N3O/c1-5-13(2)11-19(4)17-16(12-21)14(3)18-20(17)15-9-7-6-8-10-15/h6-10,13,21H,5,11-12H2,1-4H3. The molecule has 4 heteroatoms. The van der Waals surface area contributed by atoms with Gasteiger partial charge < -0.3 is 10.0 Å². The predicted octanol–water partition coefficient (Wildman–Crippen LogP) is 3.16. The van der Waals surface area contributed by atoms with Crippen LogP contribution in [0.15, 0.2) is 30.3 Å². The first-order chi connectivity index (χ1) is 10.1. The number of benzene rings is 1. The van der Waals surface area contributed by atoms with Gasteiger partial charge in [-0.1, -0.05) is 38.5 Å². The molecular formula is C17H25N3O. The van der Waals surface area contributed by atoms with Gasteiger partial charge in [0.15, 0.2) is 0 Å². The topological polar surface area (TPSA) is 41.3 Å². The lowest BCUT2D eigenvalue weighted by Gasteiger charge is -2.24. The van der Waals surface area contributed by atoms with Crippen LogP contribution in [0.5, 0.6) is 0 Å². The first-order valence-corrected chi connectivity index (χ1v) is 7.54. The molecule has 21 heavy (non-hydrogen) atoms. The zero-order valence-electron chi connectivity index (χ0n) is 13.4. The minimum absolute atomic E-state index is 0.0127. The molecule has 4 nitrogen and oxygen atoms in total. The molecule has 0 aliphatic heterocycles. The Labute approximate surface area is 127 Å². The van der Waals surface area contributed by atoms with E-state index >= 15 is 0 Å². The van der Waals surface area contributed by atoms with E-state index in [9.17, 15) is 5.11 Å². The fraction of sp³-hybridized carbons (Fsp3) is 0.471. The fourth-order valence-electron chi connectivity index (χ4n) is 2.56. The fourth-order valence-corrected chi connectivity index (χ4v) is 2.56. The lowest BCUT2D eigenvalue weighted by atomic mass is 10.1. The van der Waals surface area contributed by atoms with E-state index in [4.69, 9.17) is 0 Å². The van der Waals surface area contributed by atoms with E-state index in [0.717, 1.165) is 35.7 Å². The molecule has 1 aromatic heterocycles. The molecule has 0 amide bonds.